The number of aromatic nitrogens is 2. The van der Waals surface area contributed by atoms with Crippen molar-refractivity contribution in [1.29, 1.82) is 0 Å². The molecule has 1 unspecified atom stereocenters. The second-order valence-corrected chi connectivity index (χ2v) is 8.59. The molecule has 2 aromatic heterocycles. The van der Waals surface area contributed by atoms with E-state index in [1.807, 2.05) is 53.6 Å². The van der Waals surface area contributed by atoms with E-state index in [1.54, 1.807) is 6.20 Å². The van der Waals surface area contributed by atoms with Crippen LogP contribution in [-0.4, -0.2) is 52.7 Å². The first-order chi connectivity index (χ1) is 16.5. The Balaban J connectivity index is 1.31. The maximum atomic E-state index is 12.4. The molecule has 5 rings (SSSR count). The Morgan fingerprint density at radius 2 is 1.88 bits per heavy atom. The molecule has 1 saturated heterocycles. The lowest BCUT2D eigenvalue weighted by Gasteiger charge is -2.29. The average Bonchev–Trinajstić information content (AvgIpc) is 3.29. The van der Waals surface area contributed by atoms with Gasteiger partial charge in [-0.15, -0.1) is 0 Å². The predicted molar refractivity (Wildman–Crippen MR) is 128 cm³/mol. The minimum absolute atomic E-state index is 0.181. The average molecular weight is 459 g/mol. The van der Waals surface area contributed by atoms with Gasteiger partial charge in [-0.2, -0.15) is 0 Å². The van der Waals surface area contributed by atoms with Crippen LogP contribution in [0.4, 0.5) is 11.4 Å². The number of anilines is 2. The molecule has 2 aliphatic rings. The summed E-state index contributed by atoms with van der Waals surface area (Å²) < 4.78 is 5.58. The highest BCUT2D eigenvalue weighted by Gasteiger charge is 2.27. The second kappa shape index (κ2) is 9.23. The van der Waals surface area contributed by atoms with Crippen molar-refractivity contribution in [2.24, 2.45) is 0 Å². The number of pyridine rings is 2. The Morgan fingerprint density at radius 1 is 1.09 bits per heavy atom. The van der Waals surface area contributed by atoms with Crippen LogP contribution in [0.3, 0.4) is 0 Å². The molecule has 1 aromatic carbocycles. The maximum Gasteiger partial charge on any atom is 0.255 e. The van der Waals surface area contributed by atoms with Crippen molar-refractivity contribution in [3.05, 3.63) is 66.1 Å². The molecule has 4 heterocycles. The van der Waals surface area contributed by atoms with E-state index in [9.17, 15) is 14.7 Å². The van der Waals surface area contributed by atoms with Crippen LogP contribution in [0.5, 0.6) is 5.88 Å². The standard InChI is InChI=1S/C26H26N4O4/c1-17(31)26(33)30-11-12-34-25-23(30)14-18(15-28-25)13-21-7-4-20(16-27-21)19-5-8-22(9-6-19)29-10-2-3-24(29)32/h4-9,14-17,31H,2-3,10-13H2,1H3. The third kappa shape index (κ3) is 4.36. The topological polar surface area (TPSA) is 95.9 Å². The molecule has 1 N–H and O–H groups in total. The zero-order valence-electron chi connectivity index (χ0n) is 19.0. The number of carbonyl (C=O) groups is 2. The van der Waals surface area contributed by atoms with Gasteiger partial charge in [0.25, 0.3) is 5.91 Å². The Labute approximate surface area is 197 Å². The van der Waals surface area contributed by atoms with Crippen molar-refractivity contribution in [1.82, 2.24) is 9.97 Å². The van der Waals surface area contributed by atoms with Crippen LogP contribution >= 0.6 is 0 Å². The van der Waals surface area contributed by atoms with E-state index in [-0.39, 0.29) is 11.8 Å². The van der Waals surface area contributed by atoms with Crippen LogP contribution in [0, 0.1) is 0 Å². The Morgan fingerprint density at radius 3 is 2.56 bits per heavy atom. The first-order valence-corrected chi connectivity index (χ1v) is 11.5. The molecule has 0 bridgehead atoms. The largest absolute Gasteiger partial charge is 0.474 e. The van der Waals surface area contributed by atoms with Crippen molar-refractivity contribution >= 4 is 23.2 Å². The van der Waals surface area contributed by atoms with Crippen LogP contribution in [0.15, 0.2) is 54.9 Å². The summed E-state index contributed by atoms with van der Waals surface area (Å²) in [5.74, 6) is 0.206. The van der Waals surface area contributed by atoms with E-state index in [0.717, 1.165) is 41.0 Å². The minimum Gasteiger partial charge on any atom is -0.474 e. The minimum atomic E-state index is -1.09. The first-order valence-electron chi connectivity index (χ1n) is 11.5. The highest BCUT2D eigenvalue weighted by atomic mass is 16.5. The summed E-state index contributed by atoms with van der Waals surface area (Å²) in [6.45, 7) is 2.96. The lowest BCUT2D eigenvalue weighted by atomic mass is 10.1. The van der Waals surface area contributed by atoms with E-state index in [1.165, 1.54) is 11.8 Å². The van der Waals surface area contributed by atoms with E-state index < -0.39 is 6.10 Å². The fourth-order valence-electron chi connectivity index (χ4n) is 4.36. The molecule has 0 spiro atoms. The number of aliphatic hydroxyl groups excluding tert-OH is 1. The van der Waals surface area contributed by atoms with Gasteiger partial charge in [0.1, 0.15) is 18.4 Å². The molecule has 0 radical (unpaired) electrons. The van der Waals surface area contributed by atoms with Crippen molar-refractivity contribution in [3.8, 4) is 17.0 Å². The fourth-order valence-corrected chi connectivity index (χ4v) is 4.36. The van der Waals surface area contributed by atoms with Gasteiger partial charge in [0.05, 0.1) is 6.54 Å². The third-order valence-electron chi connectivity index (χ3n) is 6.15. The molecule has 34 heavy (non-hydrogen) atoms. The monoisotopic (exact) mass is 458 g/mol. The Kier molecular flexibility index (Phi) is 5.98. The van der Waals surface area contributed by atoms with Crippen molar-refractivity contribution in [2.75, 3.05) is 29.5 Å². The zero-order valence-corrected chi connectivity index (χ0v) is 19.0. The van der Waals surface area contributed by atoms with E-state index in [4.69, 9.17) is 4.74 Å². The number of amides is 2. The summed E-state index contributed by atoms with van der Waals surface area (Å²) in [5.41, 5.74) is 5.30. The Bertz CT molecular complexity index is 1210. The van der Waals surface area contributed by atoms with Crippen LogP contribution in [0.1, 0.15) is 31.0 Å². The highest BCUT2D eigenvalue weighted by molar-refractivity contribution is 5.97. The quantitative estimate of drug-likeness (QED) is 0.632. The summed E-state index contributed by atoms with van der Waals surface area (Å²) in [4.78, 5) is 36.7. The summed E-state index contributed by atoms with van der Waals surface area (Å²) >= 11 is 0. The molecule has 2 amide bonds. The van der Waals surface area contributed by atoms with Gasteiger partial charge < -0.3 is 19.6 Å². The molecule has 2 aliphatic heterocycles. The molecule has 0 saturated carbocycles. The lowest BCUT2D eigenvalue weighted by molar-refractivity contribution is -0.126. The molecule has 8 heteroatoms. The highest BCUT2D eigenvalue weighted by Crippen LogP contribution is 2.31. The summed E-state index contributed by atoms with van der Waals surface area (Å²) in [6, 6.07) is 13.9. The van der Waals surface area contributed by atoms with Gasteiger partial charge in [-0.25, -0.2) is 4.98 Å². The third-order valence-corrected chi connectivity index (χ3v) is 6.15. The Hall–Kier alpha value is -3.78. The van der Waals surface area contributed by atoms with E-state index in [2.05, 4.69) is 9.97 Å². The van der Waals surface area contributed by atoms with Gasteiger partial charge in [-0.1, -0.05) is 18.2 Å². The summed E-state index contributed by atoms with van der Waals surface area (Å²) in [5, 5.41) is 9.73. The van der Waals surface area contributed by atoms with Gasteiger partial charge in [-0.05, 0) is 48.7 Å². The van der Waals surface area contributed by atoms with Gasteiger partial charge in [0.2, 0.25) is 11.8 Å². The second-order valence-electron chi connectivity index (χ2n) is 8.59. The molecular weight excluding hydrogens is 432 g/mol. The van der Waals surface area contributed by atoms with E-state index >= 15 is 0 Å². The molecule has 8 nitrogen and oxygen atoms in total. The van der Waals surface area contributed by atoms with Crippen LogP contribution < -0.4 is 14.5 Å². The first kappa shape index (κ1) is 22.0. The summed E-state index contributed by atoms with van der Waals surface area (Å²) in [7, 11) is 0. The summed E-state index contributed by atoms with van der Waals surface area (Å²) in [6.07, 6.45) is 4.55. The van der Waals surface area contributed by atoms with Crippen LogP contribution in [0.2, 0.25) is 0 Å². The van der Waals surface area contributed by atoms with Gasteiger partial charge >= 0.3 is 0 Å². The number of hydrogen-bond acceptors (Lipinski definition) is 6. The van der Waals surface area contributed by atoms with Gasteiger partial charge in [0, 0.05) is 48.7 Å². The number of ether oxygens (including phenoxy) is 1. The lowest BCUT2D eigenvalue weighted by Crippen LogP contribution is -2.43. The van der Waals surface area contributed by atoms with E-state index in [0.29, 0.717) is 37.6 Å². The fraction of sp³-hybridized carbons (Fsp3) is 0.308. The number of rotatable bonds is 5. The van der Waals surface area contributed by atoms with Gasteiger partial charge in [0.15, 0.2) is 0 Å². The zero-order chi connectivity index (χ0) is 23.7. The predicted octanol–water partition coefficient (Wildman–Crippen LogP) is 2.97. The molecular formula is C26H26N4O4. The van der Waals surface area contributed by atoms with Crippen LogP contribution in [-0.2, 0) is 16.0 Å². The number of nitrogens with zero attached hydrogens (tertiary/aromatic N) is 4. The molecule has 1 atom stereocenters. The normalized spacial score (nSPS) is 16.2. The smallest absolute Gasteiger partial charge is 0.255 e. The molecule has 1 fully saturated rings. The molecule has 0 aliphatic carbocycles. The number of benzene rings is 1. The van der Waals surface area contributed by atoms with Crippen molar-refractivity contribution in [2.45, 2.75) is 32.3 Å². The van der Waals surface area contributed by atoms with Gasteiger partial charge in [-0.3, -0.25) is 14.6 Å². The SMILES string of the molecule is CC(O)C(=O)N1CCOc2ncc(Cc3ccc(-c4ccc(N5CCCC5=O)cc4)cn3)cc21. The number of fused-ring (bicyclic) bond motifs is 1. The van der Waals surface area contributed by atoms with Crippen molar-refractivity contribution in [3.63, 3.8) is 0 Å². The number of hydrogen-bond donors (Lipinski definition) is 1. The van der Waals surface area contributed by atoms with Crippen LogP contribution in [0.25, 0.3) is 11.1 Å². The molecule has 174 valence electrons. The number of carbonyl (C=O) groups excluding carboxylic acids is 2. The van der Waals surface area contributed by atoms with Crippen molar-refractivity contribution < 1.29 is 19.4 Å². The molecule has 3 aromatic rings. The number of aliphatic hydroxyl groups is 1. The maximum absolute atomic E-state index is 12.4.